The van der Waals surface area contributed by atoms with Gasteiger partial charge >= 0.3 is 0 Å². The third-order valence-corrected chi connectivity index (χ3v) is 5.79. The fourth-order valence-electron chi connectivity index (χ4n) is 3.63. The molecular formula is C23H20ClN5O4. The molecule has 1 N–H and O–H groups in total. The number of benzene rings is 2. The van der Waals surface area contributed by atoms with Crippen molar-refractivity contribution < 1.29 is 18.8 Å². The number of nitrogens with one attached hydrogen (secondary N) is 1. The highest BCUT2D eigenvalue weighted by molar-refractivity contribution is 6.30. The number of nitrogens with zero attached hydrogens (tertiary/aromatic N) is 4. The number of carbonyl (C=O) groups is 3. The van der Waals surface area contributed by atoms with E-state index in [0.717, 1.165) is 18.4 Å². The lowest BCUT2D eigenvalue weighted by Crippen LogP contribution is -2.50. The molecule has 0 atom stereocenters. The van der Waals surface area contributed by atoms with Gasteiger partial charge in [0.05, 0.1) is 12.2 Å². The number of anilines is 1. The summed E-state index contributed by atoms with van der Waals surface area (Å²) >= 11 is 5.93. The van der Waals surface area contributed by atoms with E-state index in [0.29, 0.717) is 28.1 Å². The minimum absolute atomic E-state index is 0.117. The van der Waals surface area contributed by atoms with E-state index in [-0.39, 0.29) is 43.1 Å². The summed E-state index contributed by atoms with van der Waals surface area (Å²) in [6.07, 6.45) is 2.16. The predicted octanol–water partition coefficient (Wildman–Crippen LogP) is 3.35. The third-order valence-electron chi connectivity index (χ3n) is 5.54. The number of halogens is 1. The maximum Gasteiger partial charge on any atom is 0.254 e. The summed E-state index contributed by atoms with van der Waals surface area (Å²) in [5, 5.41) is 10.0. The molecule has 1 aliphatic carbocycles. The van der Waals surface area contributed by atoms with Crippen LogP contribution in [0.4, 0.5) is 5.69 Å². The zero-order chi connectivity index (χ0) is 22.9. The summed E-state index contributed by atoms with van der Waals surface area (Å²) in [6.45, 7) is 0.201. The lowest BCUT2D eigenvalue weighted by molar-refractivity contribution is -0.130. The molecule has 33 heavy (non-hydrogen) atoms. The number of amides is 3. The van der Waals surface area contributed by atoms with Crippen LogP contribution in [0, 0.1) is 0 Å². The Hall–Kier alpha value is -3.72. The number of rotatable bonds is 6. The first-order valence-corrected chi connectivity index (χ1v) is 11.0. The van der Waals surface area contributed by atoms with Crippen LogP contribution in [0.3, 0.4) is 0 Å². The summed E-state index contributed by atoms with van der Waals surface area (Å²) in [5.74, 6) is 0.138. The molecule has 2 aromatic carbocycles. The summed E-state index contributed by atoms with van der Waals surface area (Å²) < 4.78 is 5.78. The Bertz CT molecular complexity index is 1200. The van der Waals surface area contributed by atoms with Crippen molar-refractivity contribution in [3.8, 4) is 11.5 Å². The molecule has 0 bridgehead atoms. The Morgan fingerprint density at radius 1 is 1.06 bits per heavy atom. The van der Waals surface area contributed by atoms with Gasteiger partial charge in [0.1, 0.15) is 0 Å². The van der Waals surface area contributed by atoms with E-state index in [2.05, 4.69) is 15.6 Å². The maximum atomic E-state index is 13.2. The fraction of sp³-hybridized carbons (Fsp3) is 0.261. The molecule has 168 valence electrons. The maximum absolute atomic E-state index is 13.2. The molecule has 10 heteroatoms. The van der Waals surface area contributed by atoms with Gasteiger partial charge in [0.25, 0.3) is 5.91 Å². The number of aromatic nitrogens is 2. The minimum atomic E-state index is -0.216. The molecule has 1 saturated carbocycles. The highest BCUT2D eigenvalue weighted by atomic mass is 35.5. The molecule has 5 rings (SSSR count). The van der Waals surface area contributed by atoms with Crippen molar-refractivity contribution >= 4 is 35.0 Å². The standard InChI is InChI=1S/C23H20ClN5O4/c24-16-5-1-14(2-6-16)22-26-25-20(33-22)13-28(17-9-10-17)23(32)15-3-7-18(8-4-15)29-21(31)12-11-19(30)27-29/h1-8,17H,9-13H2,(H,27,30). The Balaban J connectivity index is 1.31. The number of hydrazine groups is 1. The second-order valence-corrected chi connectivity index (χ2v) is 8.42. The van der Waals surface area contributed by atoms with E-state index in [9.17, 15) is 14.4 Å². The van der Waals surface area contributed by atoms with Gasteiger partial charge in [-0.1, -0.05) is 11.6 Å². The largest absolute Gasteiger partial charge is 0.419 e. The van der Waals surface area contributed by atoms with E-state index in [4.69, 9.17) is 16.0 Å². The molecule has 1 saturated heterocycles. The van der Waals surface area contributed by atoms with Crippen LogP contribution in [-0.2, 0) is 16.1 Å². The van der Waals surface area contributed by atoms with Crippen LogP contribution < -0.4 is 10.4 Å². The minimum Gasteiger partial charge on any atom is -0.419 e. The van der Waals surface area contributed by atoms with E-state index in [1.54, 1.807) is 53.4 Å². The molecule has 1 aliphatic heterocycles. The molecular weight excluding hydrogens is 446 g/mol. The van der Waals surface area contributed by atoms with E-state index < -0.39 is 0 Å². The van der Waals surface area contributed by atoms with Crippen LogP contribution in [-0.4, -0.2) is 38.9 Å². The van der Waals surface area contributed by atoms with Gasteiger partial charge < -0.3 is 9.32 Å². The van der Waals surface area contributed by atoms with Crippen molar-refractivity contribution in [2.45, 2.75) is 38.3 Å². The summed E-state index contributed by atoms with van der Waals surface area (Å²) in [6, 6.07) is 13.8. The zero-order valence-corrected chi connectivity index (χ0v) is 18.3. The topological polar surface area (TPSA) is 109 Å². The molecule has 2 heterocycles. The Labute approximate surface area is 194 Å². The van der Waals surface area contributed by atoms with Crippen LogP contribution in [0.1, 0.15) is 41.9 Å². The van der Waals surface area contributed by atoms with Crippen LogP contribution in [0.15, 0.2) is 52.9 Å². The molecule has 1 aromatic heterocycles. The molecule has 3 amide bonds. The molecule has 0 radical (unpaired) electrons. The van der Waals surface area contributed by atoms with E-state index >= 15 is 0 Å². The van der Waals surface area contributed by atoms with Gasteiger partial charge in [-0.3, -0.25) is 19.8 Å². The molecule has 0 unspecified atom stereocenters. The highest BCUT2D eigenvalue weighted by Gasteiger charge is 2.34. The second-order valence-electron chi connectivity index (χ2n) is 7.98. The van der Waals surface area contributed by atoms with Crippen molar-refractivity contribution in [3.05, 3.63) is 65.0 Å². The molecule has 9 nitrogen and oxygen atoms in total. The van der Waals surface area contributed by atoms with Crippen LogP contribution in [0.5, 0.6) is 0 Å². The number of carbonyl (C=O) groups excluding carboxylic acids is 3. The molecule has 2 aliphatic rings. The van der Waals surface area contributed by atoms with Crippen LogP contribution in [0.25, 0.3) is 11.5 Å². The quantitative estimate of drug-likeness (QED) is 0.598. The fourth-order valence-corrected chi connectivity index (χ4v) is 3.75. The van der Waals surface area contributed by atoms with Gasteiger partial charge in [-0.25, -0.2) is 5.01 Å². The van der Waals surface area contributed by atoms with Crippen molar-refractivity contribution in [3.63, 3.8) is 0 Å². The van der Waals surface area contributed by atoms with Gasteiger partial charge in [0, 0.05) is 35.0 Å². The second kappa shape index (κ2) is 8.67. The van der Waals surface area contributed by atoms with E-state index in [1.165, 1.54) is 5.01 Å². The first-order valence-electron chi connectivity index (χ1n) is 10.6. The zero-order valence-electron chi connectivity index (χ0n) is 17.5. The first-order chi connectivity index (χ1) is 16.0. The molecule has 0 spiro atoms. The Kier molecular flexibility index (Phi) is 5.55. The average molecular weight is 466 g/mol. The monoisotopic (exact) mass is 465 g/mol. The number of hydrogen-bond acceptors (Lipinski definition) is 6. The van der Waals surface area contributed by atoms with Gasteiger partial charge in [0.15, 0.2) is 0 Å². The summed E-state index contributed by atoms with van der Waals surface area (Å²) in [7, 11) is 0. The van der Waals surface area contributed by atoms with Crippen molar-refractivity contribution in [2.75, 3.05) is 5.01 Å². The first kappa shape index (κ1) is 21.1. The summed E-state index contributed by atoms with van der Waals surface area (Å²) in [5.41, 5.74) is 4.27. The van der Waals surface area contributed by atoms with Crippen LogP contribution >= 0.6 is 11.6 Å². The molecule has 3 aromatic rings. The normalized spacial score (nSPS) is 16.0. The smallest absolute Gasteiger partial charge is 0.254 e. The van der Waals surface area contributed by atoms with Gasteiger partial charge in [0.2, 0.25) is 23.6 Å². The van der Waals surface area contributed by atoms with E-state index in [1.807, 2.05) is 0 Å². The SMILES string of the molecule is O=C1CCC(=O)N(c2ccc(C(=O)N(Cc3nnc(-c4ccc(Cl)cc4)o3)C3CC3)cc2)N1. The van der Waals surface area contributed by atoms with Crippen LogP contribution in [0.2, 0.25) is 5.02 Å². The Morgan fingerprint density at radius 2 is 1.79 bits per heavy atom. The molecule has 2 fully saturated rings. The third kappa shape index (κ3) is 4.58. The Morgan fingerprint density at radius 3 is 2.48 bits per heavy atom. The predicted molar refractivity (Wildman–Crippen MR) is 119 cm³/mol. The highest BCUT2D eigenvalue weighted by Crippen LogP contribution is 2.31. The number of hydrogen-bond donors (Lipinski definition) is 1. The van der Waals surface area contributed by atoms with Gasteiger partial charge in [-0.15, -0.1) is 10.2 Å². The average Bonchev–Trinajstić information content (AvgIpc) is 3.57. The van der Waals surface area contributed by atoms with Crippen molar-refractivity contribution in [1.29, 1.82) is 0 Å². The lowest BCUT2D eigenvalue weighted by atomic mass is 10.1. The van der Waals surface area contributed by atoms with Gasteiger partial charge in [-0.2, -0.15) is 0 Å². The van der Waals surface area contributed by atoms with Crippen molar-refractivity contribution in [1.82, 2.24) is 20.5 Å². The van der Waals surface area contributed by atoms with Gasteiger partial charge in [-0.05, 0) is 61.4 Å². The lowest BCUT2D eigenvalue weighted by Gasteiger charge is -2.27. The van der Waals surface area contributed by atoms with Crippen molar-refractivity contribution in [2.24, 2.45) is 0 Å². The summed E-state index contributed by atoms with van der Waals surface area (Å²) in [4.78, 5) is 38.7.